The van der Waals surface area contributed by atoms with Crippen molar-refractivity contribution in [2.75, 3.05) is 0 Å². The largest absolute Gasteiger partial charge is 1.00 e. The molecule has 2 atom stereocenters. The molecule has 2 aliphatic rings. The monoisotopic (exact) mass is 826 g/mol. The third-order valence-corrected chi connectivity index (χ3v) is 25.4. The molecule has 0 fully saturated rings. The Bertz CT molecular complexity index is 2240. The average molecular weight is 829 g/mol. The second kappa shape index (κ2) is 15.6. The normalized spacial score (nSPS) is 15.9. The molecule has 6 aromatic carbocycles. The molecule has 0 bridgehead atoms. The number of fused-ring (bicyclic) bond motifs is 6. The van der Waals surface area contributed by atoms with Crippen molar-refractivity contribution in [3.8, 4) is 11.1 Å². The number of rotatable bonds is 7. The fraction of sp³-hybridized carbons (Fsp3) is 0.265. The summed E-state index contributed by atoms with van der Waals surface area (Å²) in [6.45, 7) is 16.8. The van der Waals surface area contributed by atoms with Crippen LogP contribution in [0.4, 0.5) is 0 Å². The first-order valence-corrected chi connectivity index (χ1v) is 26.4. The van der Waals surface area contributed by atoms with E-state index < -0.39 is 28.3 Å². The van der Waals surface area contributed by atoms with E-state index in [0.717, 1.165) is 12.8 Å². The topological polar surface area (TPSA) is 0 Å². The smallest absolute Gasteiger partial charge is 1.00 e. The Morgan fingerprint density at radius 2 is 1.23 bits per heavy atom. The van der Waals surface area contributed by atoms with E-state index in [2.05, 4.69) is 182 Å². The molecule has 0 nitrogen and oxygen atoms in total. The van der Waals surface area contributed by atoms with Gasteiger partial charge in [0.25, 0.3) is 0 Å². The zero-order valence-corrected chi connectivity index (χ0v) is 37.2. The minimum Gasteiger partial charge on any atom is -1.00 e. The SMILES string of the molecule is CCCC1=Cc2c(ccc3ccccc23)C1c1c(C(C)(C)C)ccc2c1[CH]([Zr+2][SiH](c1ccccc1)c1ccccc1)c1cc(C(C)(C)C)ccc1-2.[Cl-].[Cl-]. The van der Waals surface area contributed by atoms with Gasteiger partial charge in [-0.05, 0) is 0 Å². The van der Waals surface area contributed by atoms with Crippen LogP contribution in [0, 0.1) is 0 Å². The van der Waals surface area contributed by atoms with Gasteiger partial charge in [0.2, 0.25) is 0 Å². The molecule has 0 N–H and O–H groups in total. The van der Waals surface area contributed by atoms with E-state index in [4.69, 9.17) is 0 Å². The van der Waals surface area contributed by atoms with Crippen LogP contribution in [0.3, 0.4) is 0 Å². The van der Waals surface area contributed by atoms with Gasteiger partial charge in [0.05, 0.1) is 0 Å². The Hall–Kier alpha value is -3.00. The fourth-order valence-corrected chi connectivity index (χ4v) is 23.6. The third-order valence-electron chi connectivity index (χ3n) is 11.3. The zero-order chi connectivity index (χ0) is 35.5. The van der Waals surface area contributed by atoms with Crippen LogP contribution in [0.25, 0.3) is 28.0 Å². The Kier molecular flexibility index (Phi) is 11.7. The van der Waals surface area contributed by atoms with Gasteiger partial charge in [-0.3, -0.25) is 0 Å². The third kappa shape index (κ3) is 7.27. The van der Waals surface area contributed by atoms with E-state index in [1.54, 1.807) is 32.6 Å². The van der Waals surface area contributed by atoms with Crippen molar-refractivity contribution in [3.63, 3.8) is 0 Å². The van der Waals surface area contributed by atoms with E-state index in [1.165, 1.54) is 44.2 Å². The summed E-state index contributed by atoms with van der Waals surface area (Å²) in [7, 11) is 0. The molecule has 8 rings (SSSR count). The van der Waals surface area contributed by atoms with E-state index in [0.29, 0.717) is 3.63 Å². The molecule has 4 heteroatoms. The average Bonchev–Trinajstić information content (AvgIpc) is 3.65. The molecule has 53 heavy (non-hydrogen) atoms. The van der Waals surface area contributed by atoms with Crippen LogP contribution in [0.2, 0.25) is 0 Å². The molecule has 0 spiro atoms. The second-order valence-corrected chi connectivity index (χ2v) is 27.5. The number of hydrogen-bond acceptors (Lipinski definition) is 0. The fourth-order valence-electron chi connectivity index (χ4n) is 8.87. The molecular weight excluding hydrogens is 779 g/mol. The predicted molar refractivity (Wildman–Crippen MR) is 219 cm³/mol. The summed E-state index contributed by atoms with van der Waals surface area (Å²) in [5, 5.41) is 5.94. The van der Waals surface area contributed by atoms with Gasteiger partial charge < -0.3 is 24.8 Å². The van der Waals surface area contributed by atoms with Crippen LogP contribution >= 0.6 is 0 Å². The first kappa shape index (κ1) is 39.7. The summed E-state index contributed by atoms with van der Waals surface area (Å²) >= 11 is -1.11. The molecule has 0 saturated carbocycles. The maximum Gasteiger partial charge on any atom is -1.00 e. The van der Waals surface area contributed by atoms with Gasteiger partial charge in [-0.25, -0.2) is 0 Å². The molecule has 0 heterocycles. The molecule has 2 aliphatic carbocycles. The summed E-state index contributed by atoms with van der Waals surface area (Å²) in [5.41, 5.74) is 15.5. The number of hydrogen-bond donors (Lipinski definition) is 0. The standard InChI is InChI=1S/C37H39.C12H11Si.2ClH.Zr/c1-8-11-24-21-31-27-13-10-9-12-23(27)14-16-30(31)34(24)35-32-22-25-20-26(36(2,3)4)15-17-28(25)29(32)18-19-33(35)37(5,6)7;1-3-7-11(8-4-1)13-12-9-5-2-6-10-12;;;/h9-10,12-22,34H,8,11H2,1-7H3;1-10,13H;2*1H;/q;;;;+2/p-2. The van der Waals surface area contributed by atoms with Crippen molar-refractivity contribution in [2.24, 2.45) is 0 Å². The van der Waals surface area contributed by atoms with Crippen molar-refractivity contribution >= 4 is 33.1 Å². The zero-order valence-electron chi connectivity index (χ0n) is 32.1. The van der Waals surface area contributed by atoms with Crippen LogP contribution in [0.1, 0.15) is 110 Å². The van der Waals surface area contributed by atoms with E-state index >= 15 is 0 Å². The molecule has 0 amide bonds. The predicted octanol–water partition coefficient (Wildman–Crippen LogP) is 5.46. The van der Waals surface area contributed by atoms with Crippen LogP contribution < -0.4 is 35.2 Å². The minimum absolute atomic E-state index is 0. The summed E-state index contributed by atoms with van der Waals surface area (Å²) in [5.74, 6) is -1.19. The van der Waals surface area contributed by atoms with Gasteiger partial charge in [-0.1, -0.05) is 0 Å². The first-order valence-electron chi connectivity index (χ1n) is 18.9. The Morgan fingerprint density at radius 3 is 1.85 bits per heavy atom. The number of halogens is 2. The van der Waals surface area contributed by atoms with Gasteiger partial charge in [-0.2, -0.15) is 0 Å². The Balaban J connectivity index is 0.00000240. The van der Waals surface area contributed by atoms with Crippen molar-refractivity contribution < 1.29 is 47.2 Å². The Morgan fingerprint density at radius 1 is 0.604 bits per heavy atom. The van der Waals surface area contributed by atoms with Gasteiger partial charge in [0.15, 0.2) is 0 Å². The van der Waals surface area contributed by atoms with Gasteiger partial charge >= 0.3 is 320 Å². The summed E-state index contributed by atoms with van der Waals surface area (Å²) in [4.78, 5) is 0. The number of allylic oxidation sites excluding steroid dienone is 1. The second-order valence-electron chi connectivity index (χ2n) is 16.8. The molecule has 268 valence electrons. The minimum atomic E-state index is -1.47. The van der Waals surface area contributed by atoms with Crippen LogP contribution in [0.15, 0.2) is 133 Å². The molecule has 0 radical (unpaired) electrons. The van der Waals surface area contributed by atoms with E-state index in [9.17, 15) is 0 Å². The summed E-state index contributed by atoms with van der Waals surface area (Å²) < 4.78 is 0.489. The molecule has 0 aliphatic heterocycles. The molecule has 6 aromatic rings. The van der Waals surface area contributed by atoms with Gasteiger partial charge in [-0.15, -0.1) is 0 Å². The number of benzene rings is 6. The summed E-state index contributed by atoms with van der Waals surface area (Å²) in [6, 6.07) is 49.7. The molecule has 0 saturated heterocycles. The van der Waals surface area contributed by atoms with Crippen molar-refractivity contribution in [1.29, 1.82) is 0 Å². The molecule has 0 aromatic heterocycles. The van der Waals surface area contributed by atoms with Crippen LogP contribution in [-0.2, 0) is 33.2 Å². The maximum absolute atomic E-state index is 2.64. The van der Waals surface area contributed by atoms with Crippen molar-refractivity contribution in [1.82, 2.24) is 0 Å². The van der Waals surface area contributed by atoms with Crippen molar-refractivity contribution in [2.45, 2.75) is 81.7 Å². The van der Waals surface area contributed by atoms with Crippen molar-refractivity contribution in [3.05, 3.63) is 172 Å². The molecular formula is C49H50Cl2SiZr. The quantitative estimate of drug-likeness (QED) is 0.188. The van der Waals surface area contributed by atoms with E-state index in [-0.39, 0.29) is 41.6 Å². The Labute approximate surface area is 342 Å². The van der Waals surface area contributed by atoms with E-state index in [1.807, 2.05) is 0 Å². The van der Waals surface area contributed by atoms with Gasteiger partial charge in [0, 0.05) is 0 Å². The maximum atomic E-state index is 2.64. The molecule has 2 unspecified atom stereocenters. The van der Waals surface area contributed by atoms with Crippen LogP contribution in [0.5, 0.6) is 0 Å². The van der Waals surface area contributed by atoms with Crippen LogP contribution in [-0.4, -0.2) is 5.92 Å². The summed E-state index contributed by atoms with van der Waals surface area (Å²) in [6.07, 6.45) is 4.87. The first-order chi connectivity index (χ1) is 24.5. The van der Waals surface area contributed by atoms with Gasteiger partial charge in [0.1, 0.15) is 0 Å².